The number of carbonyl (C=O) groups is 2. The van der Waals surface area contributed by atoms with Gasteiger partial charge in [0.05, 0.1) is 35.4 Å². The van der Waals surface area contributed by atoms with Gasteiger partial charge in [-0.05, 0) is 50.4 Å². The summed E-state index contributed by atoms with van der Waals surface area (Å²) < 4.78 is 20.6. The standard InChI is InChI=1S/C24H25FN4O6S/c1-14(2)35-26-15(3)18-12-28(13-19(30)17-11-16(25)8-9-20(17)34-5)24(33)29(22(18)31)27(4)23(32)21-7-6-10-36-21/h6-12,14H,13H2,1-5H3/b26-15+. The molecule has 0 aliphatic carbocycles. The number of rotatable bonds is 9. The number of methoxy groups -OCH3 is 1. The molecule has 0 aliphatic heterocycles. The molecule has 36 heavy (non-hydrogen) atoms. The van der Waals surface area contributed by atoms with Crippen LogP contribution in [-0.4, -0.2) is 46.9 Å². The van der Waals surface area contributed by atoms with E-state index in [1.807, 2.05) is 0 Å². The van der Waals surface area contributed by atoms with Crippen LogP contribution in [0.5, 0.6) is 5.75 Å². The van der Waals surface area contributed by atoms with Gasteiger partial charge in [-0.15, -0.1) is 11.3 Å². The van der Waals surface area contributed by atoms with Crippen molar-refractivity contribution in [2.45, 2.75) is 33.4 Å². The number of aromatic nitrogens is 2. The van der Waals surface area contributed by atoms with E-state index in [9.17, 15) is 23.6 Å². The van der Waals surface area contributed by atoms with Gasteiger partial charge in [-0.25, -0.2) is 14.2 Å². The van der Waals surface area contributed by atoms with Gasteiger partial charge in [0.25, 0.3) is 11.5 Å². The minimum absolute atomic E-state index is 0.0694. The molecule has 0 atom stereocenters. The van der Waals surface area contributed by atoms with Crippen molar-refractivity contribution in [2.24, 2.45) is 5.16 Å². The Hall–Kier alpha value is -4.06. The fraction of sp³-hybridized carbons (Fsp3) is 0.292. The Labute approximate surface area is 209 Å². The van der Waals surface area contributed by atoms with E-state index in [0.717, 1.165) is 39.2 Å². The quantitative estimate of drug-likeness (QED) is 0.246. The van der Waals surface area contributed by atoms with Crippen molar-refractivity contribution in [2.75, 3.05) is 19.2 Å². The number of hydrogen-bond acceptors (Lipinski definition) is 8. The normalized spacial score (nSPS) is 11.5. The molecule has 12 heteroatoms. The SMILES string of the molecule is COc1ccc(F)cc1C(=O)Cn1cc(/C(C)=N/OC(C)C)c(=O)n(N(C)C(=O)c2cccs2)c1=O. The molecule has 10 nitrogen and oxygen atoms in total. The van der Waals surface area contributed by atoms with Crippen LogP contribution in [0.4, 0.5) is 4.39 Å². The third-order valence-electron chi connectivity index (χ3n) is 5.03. The molecular weight excluding hydrogens is 491 g/mol. The Morgan fingerprint density at radius 1 is 1.19 bits per heavy atom. The topological polar surface area (TPSA) is 112 Å². The Morgan fingerprint density at radius 3 is 2.53 bits per heavy atom. The number of nitrogens with zero attached hydrogens (tertiary/aromatic N) is 4. The van der Waals surface area contributed by atoms with E-state index in [1.54, 1.807) is 31.4 Å². The first-order valence-corrected chi connectivity index (χ1v) is 11.7. The summed E-state index contributed by atoms with van der Waals surface area (Å²) in [6.07, 6.45) is 0.884. The van der Waals surface area contributed by atoms with E-state index in [2.05, 4.69) is 5.16 Å². The zero-order valence-electron chi connectivity index (χ0n) is 20.4. The zero-order chi connectivity index (χ0) is 26.6. The Morgan fingerprint density at radius 2 is 1.92 bits per heavy atom. The summed E-state index contributed by atoms with van der Waals surface area (Å²) in [5.41, 5.74) is -1.80. The Bertz CT molecular complexity index is 1430. The lowest BCUT2D eigenvalue weighted by molar-refractivity contribution is 0.0859. The monoisotopic (exact) mass is 516 g/mol. The number of hydrogen-bond donors (Lipinski definition) is 0. The van der Waals surface area contributed by atoms with Gasteiger partial charge in [-0.1, -0.05) is 11.2 Å². The first kappa shape index (κ1) is 26.5. The molecule has 0 spiro atoms. The van der Waals surface area contributed by atoms with Crippen LogP contribution in [0.2, 0.25) is 0 Å². The summed E-state index contributed by atoms with van der Waals surface area (Å²) in [6.45, 7) is 4.42. The number of thiophene rings is 1. The van der Waals surface area contributed by atoms with Gasteiger partial charge in [0.15, 0.2) is 5.78 Å². The van der Waals surface area contributed by atoms with E-state index in [4.69, 9.17) is 9.57 Å². The molecule has 0 fully saturated rings. The summed E-state index contributed by atoms with van der Waals surface area (Å²) in [4.78, 5) is 58.2. The predicted molar refractivity (Wildman–Crippen MR) is 133 cm³/mol. The van der Waals surface area contributed by atoms with Gasteiger partial charge in [0.1, 0.15) is 17.7 Å². The van der Waals surface area contributed by atoms with E-state index in [-0.39, 0.29) is 28.7 Å². The van der Waals surface area contributed by atoms with Crippen molar-refractivity contribution in [3.8, 4) is 5.75 Å². The number of carbonyl (C=O) groups excluding carboxylic acids is 2. The fourth-order valence-electron chi connectivity index (χ4n) is 3.24. The van der Waals surface area contributed by atoms with Gasteiger partial charge in [0.2, 0.25) is 0 Å². The molecular formula is C24H25FN4O6S. The van der Waals surface area contributed by atoms with Gasteiger partial charge >= 0.3 is 5.69 Å². The molecule has 2 aromatic heterocycles. The van der Waals surface area contributed by atoms with E-state index in [0.29, 0.717) is 9.55 Å². The highest BCUT2D eigenvalue weighted by Gasteiger charge is 2.24. The largest absolute Gasteiger partial charge is 0.496 e. The van der Waals surface area contributed by atoms with E-state index in [1.165, 1.54) is 27.1 Å². The second-order valence-corrected chi connectivity index (χ2v) is 8.92. The van der Waals surface area contributed by atoms with Crippen molar-refractivity contribution < 1.29 is 23.6 Å². The number of ether oxygens (including phenoxy) is 1. The van der Waals surface area contributed by atoms with Crippen molar-refractivity contribution in [1.82, 2.24) is 9.24 Å². The third-order valence-corrected chi connectivity index (χ3v) is 5.88. The predicted octanol–water partition coefficient (Wildman–Crippen LogP) is 2.66. The average molecular weight is 517 g/mol. The maximum Gasteiger partial charge on any atom is 0.350 e. The molecule has 190 valence electrons. The molecule has 0 saturated heterocycles. The van der Waals surface area contributed by atoms with Crippen molar-refractivity contribution in [3.05, 3.63) is 84.6 Å². The van der Waals surface area contributed by atoms with Crippen LogP contribution in [-0.2, 0) is 11.4 Å². The number of Topliss-reactive ketones (excluding diaryl/α,β-unsaturated/α-hetero) is 1. The molecule has 1 amide bonds. The second-order valence-electron chi connectivity index (χ2n) is 7.97. The highest BCUT2D eigenvalue weighted by molar-refractivity contribution is 7.12. The average Bonchev–Trinajstić information content (AvgIpc) is 3.38. The minimum Gasteiger partial charge on any atom is -0.496 e. The Kier molecular flexibility index (Phi) is 8.20. The van der Waals surface area contributed by atoms with Crippen LogP contribution in [0.15, 0.2) is 56.7 Å². The van der Waals surface area contributed by atoms with Crippen LogP contribution in [0, 0.1) is 5.82 Å². The molecule has 3 rings (SSSR count). The van der Waals surface area contributed by atoms with Crippen LogP contribution < -0.4 is 21.0 Å². The molecule has 0 aliphatic rings. The fourth-order valence-corrected chi connectivity index (χ4v) is 3.93. The third kappa shape index (κ3) is 5.60. The molecule has 1 aromatic carbocycles. The maximum absolute atomic E-state index is 13.8. The molecule has 3 aromatic rings. The summed E-state index contributed by atoms with van der Waals surface area (Å²) in [7, 11) is 2.60. The Balaban J connectivity index is 2.16. The smallest absolute Gasteiger partial charge is 0.350 e. The number of oxime groups is 1. The van der Waals surface area contributed by atoms with Crippen LogP contribution in [0.1, 0.15) is 46.4 Å². The molecule has 2 heterocycles. The van der Waals surface area contributed by atoms with Gasteiger partial charge in [-0.3, -0.25) is 19.0 Å². The number of halogens is 1. The van der Waals surface area contributed by atoms with Crippen LogP contribution in [0.3, 0.4) is 0 Å². The highest BCUT2D eigenvalue weighted by Crippen LogP contribution is 2.20. The first-order chi connectivity index (χ1) is 17.0. The number of amides is 1. The zero-order valence-corrected chi connectivity index (χ0v) is 21.2. The lowest BCUT2D eigenvalue weighted by Gasteiger charge is -2.20. The minimum atomic E-state index is -0.947. The van der Waals surface area contributed by atoms with Crippen LogP contribution in [0.25, 0.3) is 0 Å². The maximum atomic E-state index is 13.8. The van der Waals surface area contributed by atoms with Crippen molar-refractivity contribution in [3.63, 3.8) is 0 Å². The van der Waals surface area contributed by atoms with Crippen molar-refractivity contribution in [1.29, 1.82) is 0 Å². The molecule has 0 N–H and O–H groups in total. The number of benzene rings is 1. The van der Waals surface area contributed by atoms with Crippen molar-refractivity contribution >= 4 is 28.7 Å². The number of ketones is 1. The molecule has 0 unspecified atom stereocenters. The summed E-state index contributed by atoms with van der Waals surface area (Å²) in [5.74, 6) is -1.78. The second kappa shape index (κ2) is 11.1. The summed E-state index contributed by atoms with van der Waals surface area (Å²) >= 11 is 1.14. The first-order valence-electron chi connectivity index (χ1n) is 10.8. The highest BCUT2D eigenvalue weighted by atomic mass is 32.1. The van der Waals surface area contributed by atoms with Gasteiger partial charge in [-0.2, -0.15) is 4.68 Å². The lowest BCUT2D eigenvalue weighted by Crippen LogP contribution is -2.54. The summed E-state index contributed by atoms with van der Waals surface area (Å²) in [5, 5.41) is 6.49. The summed E-state index contributed by atoms with van der Waals surface area (Å²) in [6, 6.07) is 6.65. The molecule has 0 bridgehead atoms. The van der Waals surface area contributed by atoms with E-state index < -0.39 is 35.3 Å². The van der Waals surface area contributed by atoms with Crippen LogP contribution >= 0.6 is 11.3 Å². The van der Waals surface area contributed by atoms with E-state index >= 15 is 0 Å². The van der Waals surface area contributed by atoms with Gasteiger partial charge < -0.3 is 9.57 Å². The molecule has 0 saturated carbocycles. The van der Waals surface area contributed by atoms with Gasteiger partial charge in [0, 0.05) is 13.2 Å². The lowest BCUT2D eigenvalue weighted by atomic mass is 10.1. The molecule has 0 radical (unpaired) electrons.